The fourth-order valence-corrected chi connectivity index (χ4v) is 5.52. The largest absolute Gasteiger partial charge is 0.493 e. The fraction of sp³-hybridized carbons (Fsp3) is 0.273. The third-order valence-electron chi connectivity index (χ3n) is 6.82. The molecule has 11 heteroatoms. The average Bonchev–Trinajstić information content (AvgIpc) is 3.87. The predicted molar refractivity (Wildman–Crippen MR) is 168 cm³/mol. The van der Waals surface area contributed by atoms with Crippen LogP contribution in [0.4, 0.5) is 20.2 Å². The van der Waals surface area contributed by atoms with Crippen LogP contribution in [0.3, 0.4) is 0 Å². The number of ether oxygens (including phenoxy) is 4. The maximum absolute atomic E-state index is 14.3. The van der Waals surface area contributed by atoms with Gasteiger partial charge in [0.2, 0.25) is 10.0 Å². The molecule has 0 spiro atoms. The number of hydrogen-bond acceptors (Lipinski definition) is 7. The van der Waals surface area contributed by atoms with E-state index in [0.717, 1.165) is 30.0 Å². The van der Waals surface area contributed by atoms with Crippen molar-refractivity contribution in [2.24, 2.45) is 0 Å². The molecule has 0 atom stereocenters. The Morgan fingerprint density at radius 2 is 1.18 bits per heavy atom. The minimum atomic E-state index is -3.42. The van der Waals surface area contributed by atoms with Gasteiger partial charge in [-0.2, -0.15) is 0 Å². The lowest BCUT2D eigenvalue weighted by Gasteiger charge is -2.13. The highest BCUT2D eigenvalue weighted by atomic mass is 32.2. The van der Waals surface area contributed by atoms with Gasteiger partial charge in [-0.25, -0.2) is 17.2 Å². The van der Waals surface area contributed by atoms with Crippen LogP contribution >= 0.6 is 0 Å². The van der Waals surface area contributed by atoms with E-state index in [1.807, 2.05) is 31.2 Å². The number of hydrogen-bond donors (Lipinski definition) is 2. The summed E-state index contributed by atoms with van der Waals surface area (Å²) in [6.07, 6.45) is 3.03. The molecule has 0 radical (unpaired) electrons. The number of halogens is 2. The monoisotopic (exact) mass is 626 g/mol. The molecule has 8 nitrogen and oxygen atoms in total. The third kappa shape index (κ3) is 8.31. The van der Waals surface area contributed by atoms with E-state index >= 15 is 0 Å². The highest BCUT2D eigenvalue weighted by Gasteiger charge is 2.35. The Balaban J connectivity index is 0.000000209. The highest BCUT2D eigenvalue weighted by molar-refractivity contribution is 7.93. The molecule has 1 aliphatic rings. The van der Waals surface area contributed by atoms with E-state index in [2.05, 4.69) is 11.6 Å². The third-order valence-corrected chi connectivity index (χ3v) is 8.69. The fourth-order valence-electron chi connectivity index (χ4n) is 4.14. The molecule has 1 fully saturated rings. The quantitative estimate of drug-likeness (QED) is 0.163. The van der Waals surface area contributed by atoms with Crippen LogP contribution in [0.1, 0.15) is 37.8 Å². The molecule has 4 aromatic rings. The molecule has 0 aromatic heterocycles. The van der Waals surface area contributed by atoms with Gasteiger partial charge >= 0.3 is 0 Å². The zero-order valence-electron chi connectivity index (χ0n) is 25.0. The Morgan fingerprint density at radius 3 is 1.61 bits per heavy atom. The van der Waals surface area contributed by atoms with E-state index < -0.39 is 21.7 Å². The van der Waals surface area contributed by atoms with Gasteiger partial charge in [-0.3, -0.25) is 4.72 Å². The van der Waals surface area contributed by atoms with Crippen LogP contribution in [0.25, 0.3) is 0 Å². The van der Waals surface area contributed by atoms with Gasteiger partial charge in [0, 0.05) is 17.8 Å². The zero-order valence-corrected chi connectivity index (χ0v) is 25.8. The Morgan fingerprint density at radius 1 is 0.705 bits per heavy atom. The summed E-state index contributed by atoms with van der Waals surface area (Å²) < 4.78 is 75.9. The van der Waals surface area contributed by atoms with Crippen molar-refractivity contribution in [3.05, 3.63) is 95.6 Å². The first-order valence-corrected chi connectivity index (χ1v) is 15.7. The number of nitrogen functional groups attached to an aromatic ring is 1. The van der Waals surface area contributed by atoms with Crippen molar-refractivity contribution >= 4 is 21.4 Å². The molecule has 5 rings (SSSR count). The second-order valence-corrected chi connectivity index (χ2v) is 12.0. The Labute approximate surface area is 256 Å². The van der Waals surface area contributed by atoms with Crippen LogP contribution < -0.4 is 29.4 Å². The lowest BCUT2D eigenvalue weighted by atomic mass is 10.1. The molecule has 1 aliphatic carbocycles. The molecule has 0 amide bonds. The van der Waals surface area contributed by atoms with Crippen molar-refractivity contribution < 1.29 is 36.1 Å². The van der Waals surface area contributed by atoms with Gasteiger partial charge in [0.15, 0.2) is 46.1 Å². The van der Waals surface area contributed by atoms with Crippen LogP contribution in [0.15, 0.2) is 72.8 Å². The molecule has 0 aliphatic heterocycles. The number of methoxy groups -OCH3 is 2. The number of benzene rings is 4. The molecular formula is C33H36F2N2O6S. The standard InChI is InChI=1S/C18H20FNO4S.C15H16FNO2/c1-3-12-4-8-17(18(10-12)23-2)24-16-9-5-13(11-15(16)19)20-25(21,22)14-6-7-14;1-3-10-4-6-14(15(8-10)18-2)19-13-7-5-11(17)9-12(13)16/h4-5,8-11,14,20H,3,6-7H2,1-2H3;4-9H,3,17H2,1-2H3. The second kappa shape index (κ2) is 14.3. The lowest BCUT2D eigenvalue weighted by molar-refractivity contribution is 0.370. The summed E-state index contributed by atoms with van der Waals surface area (Å²) in [6, 6.07) is 19.3. The van der Waals surface area contributed by atoms with Crippen molar-refractivity contribution in [1.29, 1.82) is 0 Å². The van der Waals surface area contributed by atoms with Crippen LogP contribution in [0.5, 0.6) is 34.5 Å². The van der Waals surface area contributed by atoms with Crippen LogP contribution in [0, 0.1) is 11.6 Å². The Bertz CT molecular complexity index is 1710. The summed E-state index contributed by atoms with van der Waals surface area (Å²) >= 11 is 0. The van der Waals surface area contributed by atoms with E-state index in [-0.39, 0.29) is 22.4 Å². The smallest absolute Gasteiger partial charge is 0.235 e. The van der Waals surface area contributed by atoms with Crippen molar-refractivity contribution in [1.82, 2.24) is 0 Å². The maximum atomic E-state index is 14.3. The Kier molecular flexibility index (Phi) is 10.5. The Hall–Kier alpha value is -4.51. The van der Waals surface area contributed by atoms with E-state index in [9.17, 15) is 17.2 Å². The second-order valence-electron chi connectivity index (χ2n) is 10.1. The zero-order chi connectivity index (χ0) is 31.9. The van der Waals surface area contributed by atoms with Gasteiger partial charge in [-0.05, 0) is 85.3 Å². The van der Waals surface area contributed by atoms with Crippen molar-refractivity contribution in [2.45, 2.75) is 44.8 Å². The summed E-state index contributed by atoms with van der Waals surface area (Å²) in [4.78, 5) is 0. The molecule has 44 heavy (non-hydrogen) atoms. The minimum absolute atomic E-state index is 0.00285. The number of nitrogens with two attached hydrogens (primary N) is 1. The summed E-state index contributed by atoms with van der Waals surface area (Å²) in [6.45, 7) is 4.07. The van der Waals surface area contributed by atoms with Gasteiger partial charge in [0.25, 0.3) is 0 Å². The lowest BCUT2D eigenvalue weighted by Crippen LogP contribution is -2.17. The normalized spacial score (nSPS) is 12.5. The molecule has 3 N–H and O–H groups in total. The van der Waals surface area contributed by atoms with E-state index in [1.54, 1.807) is 25.3 Å². The maximum Gasteiger partial charge on any atom is 0.235 e. The van der Waals surface area contributed by atoms with E-state index in [0.29, 0.717) is 41.5 Å². The average molecular weight is 627 g/mol. The SMILES string of the molecule is CCc1ccc(Oc2ccc(N)cc2F)c(OC)c1.CCc1ccc(Oc2ccc(NS(=O)(=O)C3CC3)cc2F)c(OC)c1. The molecular weight excluding hydrogens is 590 g/mol. The summed E-state index contributed by atoms with van der Waals surface area (Å²) in [5.41, 5.74) is 8.24. The molecule has 0 bridgehead atoms. The topological polar surface area (TPSA) is 109 Å². The first kappa shape index (κ1) is 32.4. The number of aryl methyl sites for hydroxylation is 2. The summed E-state index contributed by atoms with van der Waals surface area (Å²) in [5, 5.41) is -0.368. The van der Waals surface area contributed by atoms with E-state index in [1.165, 1.54) is 31.4 Å². The van der Waals surface area contributed by atoms with Gasteiger partial charge in [0.1, 0.15) is 0 Å². The van der Waals surface area contributed by atoms with Crippen molar-refractivity contribution in [2.75, 3.05) is 24.7 Å². The number of sulfonamides is 1. The molecule has 234 valence electrons. The van der Waals surface area contributed by atoms with Crippen LogP contribution in [-0.4, -0.2) is 27.9 Å². The van der Waals surface area contributed by atoms with Gasteiger partial charge < -0.3 is 24.7 Å². The van der Waals surface area contributed by atoms with Gasteiger partial charge in [-0.15, -0.1) is 0 Å². The summed E-state index contributed by atoms with van der Waals surface area (Å²) in [7, 11) is -0.346. The first-order chi connectivity index (χ1) is 21.1. The predicted octanol–water partition coefficient (Wildman–Crippen LogP) is 7.86. The molecule has 0 saturated heterocycles. The van der Waals surface area contributed by atoms with Crippen LogP contribution in [-0.2, 0) is 22.9 Å². The van der Waals surface area contributed by atoms with E-state index in [4.69, 9.17) is 24.7 Å². The molecule has 0 unspecified atom stereocenters. The van der Waals surface area contributed by atoms with Crippen molar-refractivity contribution in [3.8, 4) is 34.5 Å². The highest BCUT2D eigenvalue weighted by Crippen LogP contribution is 2.36. The number of nitrogens with one attached hydrogen (secondary N) is 1. The summed E-state index contributed by atoms with van der Waals surface area (Å²) in [5.74, 6) is 0.925. The number of rotatable bonds is 11. The van der Waals surface area contributed by atoms with Crippen molar-refractivity contribution in [3.63, 3.8) is 0 Å². The minimum Gasteiger partial charge on any atom is -0.493 e. The van der Waals surface area contributed by atoms with Crippen LogP contribution in [0.2, 0.25) is 0 Å². The van der Waals surface area contributed by atoms with Gasteiger partial charge in [0.05, 0.1) is 25.2 Å². The first-order valence-electron chi connectivity index (χ1n) is 14.1. The molecule has 0 heterocycles. The van der Waals surface area contributed by atoms with Gasteiger partial charge in [-0.1, -0.05) is 26.0 Å². The number of anilines is 2. The molecule has 4 aromatic carbocycles. The molecule has 1 saturated carbocycles.